The summed E-state index contributed by atoms with van der Waals surface area (Å²) in [5.74, 6) is -1.03. The number of pyridine rings is 1. The highest BCUT2D eigenvalue weighted by Gasteiger charge is 2.19. The number of hydrogen-bond acceptors (Lipinski definition) is 3. The van der Waals surface area contributed by atoms with Gasteiger partial charge in [0.25, 0.3) is 0 Å². The van der Waals surface area contributed by atoms with Crippen LogP contribution in [-0.4, -0.2) is 20.5 Å². The van der Waals surface area contributed by atoms with Crippen LogP contribution in [0.4, 0.5) is 0 Å². The summed E-state index contributed by atoms with van der Waals surface area (Å²) >= 11 is 13.1. The second-order valence-corrected chi connectivity index (χ2v) is 6.05. The Labute approximate surface area is 134 Å². The zero-order valence-electron chi connectivity index (χ0n) is 10.5. The smallest absolute Gasteiger partial charge is 0.355 e. The van der Waals surface area contributed by atoms with Crippen molar-refractivity contribution in [3.05, 3.63) is 58.3 Å². The number of rotatable bonds is 3. The molecule has 0 aliphatic rings. The van der Waals surface area contributed by atoms with E-state index in [1.165, 1.54) is 11.8 Å². The molecule has 21 heavy (non-hydrogen) atoms. The molecule has 0 atom stereocenters. The molecule has 3 aromatic rings. The van der Waals surface area contributed by atoms with Gasteiger partial charge < -0.3 is 5.11 Å². The number of halogens is 2. The lowest BCUT2D eigenvalue weighted by atomic mass is 10.4. The minimum atomic E-state index is -1.03. The largest absolute Gasteiger partial charge is 0.476 e. The van der Waals surface area contributed by atoms with Gasteiger partial charge in [-0.1, -0.05) is 41.0 Å². The molecule has 0 saturated heterocycles. The minimum absolute atomic E-state index is 0.127. The molecule has 7 heteroatoms. The van der Waals surface area contributed by atoms with E-state index in [0.717, 1.165) is 4.90 Å². The van der Waals surface area contributed by atoms with Gasteiger partial charge in [0.2, 0.25) is 0 Å². The van der Waals surface area contributed by atoms with E-state index in [-0.39, 0.29) is 5.69 Å². The molecule has 106 valence electrons. The van der Waals surface area contributed by atoms with E-state index in [0.29, 0.717) is 20.7 Å². The maximum atomic E-state index is 11.5. The summed E-state index contributed by atoms with van der Waals surface area (Å²) < 4.78 is 1.54. The third-order valence-corrected chi connectivity index (χ3v) is 4.51. The molecule has 1 N–H and O–H groups in total. The molecule has 2 heterocycles. The quantitative estimate of drug-likeness (QED) is 0.764. The number of carboxylic acid groups (broad SMARTS) is 1. The van der Waals surface area contributed by atoms with E-state index in [1.54, 1.807) is 40.9 Å². The van der Waals surface area contributed by atoms with Crippen LogP contribution in [0.25, 0.3) is 5.65 Å². The number of aromatic nitrogens is 2. The molecule has 3 rings (SSSR count). The van der Waals surface area contributed by atoms with E-state index < -0.39 is 5.97 Å². The van der Waals surface area contributed by atoms with Crippen molar-refractivity contribution in [2.45, 2.75) is 9.92 Å². The highest BCUT2D eigenvalue weighted by atomic mass is 35.5. The Balaban J connectivity index is 2.09. The second-order valence-electron chi connectivity index (χ2n) is 4.18. The molecule has 2 aromatic heterocycles. The normalized spacial score (nSPS) is 11.0. The Hall–Kier alpha value is -1.69. The summed E-state index contributed by atoms with van der Waals surface area (Å²) in [4.78, 5) is 16.6. The standard InChI is InChI=1S/C14H8Cl2N2O2S/c15-9-5-4-8(7-10(9)16)21-13-12(14(19)20)18-6-2-1-3-11(18)17-13/h1-7H,(H,19,20). The zero-order valence-corrected chi connectivity index (χ0v) is 12.8. The minimum Gasteiger partial charge on any atom is -0.476 e. The first-order valence-electron chi connectivity index (χ1n) is 5.89. The molecule has 1 aromatic carbocycles. The summed E-state index contributed by atoms with van der Waals surface area (Å²) in [6, 6.07) is 10.4. The number of carboxylic acids is 1. The summed E-state index contributed by atoms with van der Waals surface area (Å²) in [6.07, 6.45) is 1.67. The van der Waals surface area contributed by atoms with Crippen molar-refractivity contribution in [2.75, 3.05) is 0 Å². The summed E-state index contributed by atoms with van der Waals surface area (Å²) in [5, 5.41) is 10.7. The number of imidazole rings is 1. The fourth-order valence-corrected chi connectivity index (χ4v) is 3.21. The van der Waals surface area contributed by atoms with Crippen LogP contribution in [0.5, 0.6) is 0 Å². The van der Waals surface area contributed by atoms with Crippen molar-refractivity contribution < 1.29 is 9.90 Å². The Kier molecular flexibility index (Phi) is 3.80. The molecule has 0 saturated carbocycles. The predicted molar refractivity (Wildman–Crippen MR) is 82.7 cm³/mol. The first-order chi connectivity index (χ1) is 10.1. The second kappa shape index (κ2) is 5.60. The maximum Gasteiger partial charge on any atom is 0.355 e. The lowest BCUT2D eigenvalue weighted by Crippen LogP contribution is -2.02. The van der Waals surface area contributed by atoms with Crippen molar-refractivity contribution in [1.82, 2.24) is 9.38 Å². The van der Waals surface area contributed by atoms with Crippen LogP contribution in [0.1, 0.15) is 10.5 Å². The van der Waals surface area contributed by atoms with E-state index in [9.17, 15) is 9.90 Å². The molecule has 0 aliphatic heterocycles. The first-order valence-corrected chi connectivity index (χ1v) is 7.47. The summed E-state index contributed by atoms with van der Waals surface area (Å²) in [7, 11) is 0. The van der Waals surface area contributed by atoms with Crippen molar-refractivity contribution >= 4 is 46.6 Å². The molecule has 0 radical (unpaired) electrons. The van der Waals surface area contributed by atoms with Crippen LogP contribution in [-0.2, 0) is 0 Å². The molecular formula is C14H8Cl2N2O2S. The molecular weight excluding hydrogens is 331 g/mol. The Morgan fingerprint density at radius 3 is 2.71 bits per heavy atom. The Bertz CT molecular complexity index is 848. The van der Waals surface area contributed by atoms with Gasteiger partial charge in [-0.3, -0.25) is 4.40 Å². The van der Waals surface area contributed by atoms with Crippen LogP contribution in [0.15, 0.2) is 52.5 Å². The van der Waals surface area contributed by atoms with E-state index in [4.69, 9.17) is 23.2 Å². The van der Waals surface area contributed by atoms with Gasteiger partial charge >= 0.3 is 5.97 Å². The maximum absolute atomic E-state index is 11.5. The van der Waals surface area contributed by atoms with Gasteiger partial charge in [-0.2, -0.15) is 0 Å². The van der Waals surface area contributed by atoms with Crippen molar-refractivity contribution in [3.8, 4) is 0 Å². The van der Waals surface area contributed by atoms with Gasteiger partial charge in [0.1, 0.15) is 10.7 Å². The fraction of sp³-hybridized carbons (Fsp3) is 0. The number of carbonyl (C=O) groups is 1. The Morgan fingerprint density at radius 1 is 1.19 bits per heavy atom. The average molecular weight is 339 g/mol. The first kappa shape index (κ1) is 14.3. The van der Waals surface area contributed by atoms with E-state index in [1.807, 2.05) is 6.07 Å². The number of hydrogen-bond donors (Lipinski definition) is 1. The van der Waals surface area contributed by atoms with E-state index >= 15 is 0 Å². The molecule has 0 aliphatic carbocycles. The van der Waals surface area contributed by atoms with Gasteiger partial charge in [0.15, 0.2) is 5.69 Å². The van der Waals surface area contributed by atoms with E-state index in [2.05, 4.69) is 4.98 Å². The van der Waals surface area contributed by atoms with Crippen LogP contribution < -0.4 is 0 Å². The lowest BCUT2D eigenvalue weighted by molar-refractivity contribution is 0.0685. The molecule has 0 bridgehead atoms. The molecule has 0 fully saturated rings. The summed E-state index contributed by atoms with van der Waals surface area (Å²) in [5.41, 5.74) is 0.708. The topological polar surface area (TPSA) is 54.6 Å². The molecule has 0 spiro atoms. The average Bonchev–Trinajstić information content (AvgIpc) is 2.80. The third-order valence-electron chi connectivity index (χ3n) is 2.81. The van der Waals surface area contributed by atoms with Crippen molar-refractivity contribution in [1.29, 1.82) is 0 Å². The lowest BCUT2D eigenvalue weighted by Gasteiger charge is -2.02. The van der Waals surface area contributed by atoms with Crippen molar-refractivity contribution in [2.24, 2.45) is 0 Å². The third kappa shape index (κ3) is 2.72. The van der Waals surface area contributed by atoms with Gasteiger partial charge in [0, 0.05) is 11.1 Å². The Morgan fingerprint density at radius 2 is 2.00 bits per heavy atom. The van der Waals surface area contributed by atoms with Crippen LogP contribution >= 0.6 is 35.0 Å². The zero-order chi connectivity index (χ0) is 15.0. The predicted octanol–water partition coefficient (Wildman–Crippen LogP) is 4.49. The van der Waals surface area contributed by atoms with Gasteiger partial charge in [0.05, 0.1) is 10.0 Å². The van der Waals surface area contributed by atoms with Gasteiger partial charge in [-0.25, -0.2) is 9.78 Å². The van der Waals surface area contributed by atoms with Crippen LogP contribution in [0.3, 0.4) is 0 Å². The fourth-order valence-electron chi connectivity index (χ4n) is 1.89. The monoisotopic (exact) mass is 338 g/mol. The highest BCUT2D eigenvalue weighted by Crippen LogP contribution is 2.34. The van der Waals surface area contributed by atoms with Crippen LogP contribution in [0.2, 0.25) is 10.0 Å². The molecule has 0 unspecified atom stereocenters. The number of benzene rings is 1. The highest BCUT2D eigenvalue weighted by molar-refractivity contribution is 7.99. The number of nitrogens with zero attached hydrogens (tertiary/aromatic N) is 2. The van der Waals surface area contributed by atoms with Gasteiger partial charge in [-0.05, 0) is 30.3 Å². The van der Waals surface area contributed by atoms with Crippen LogP contribution in [0, 0.1) is 0 Å². The SMILES string of the molecule is O=C(O)c1c(Sc2ccc(Cl)c(Cl)c2)nc2ccccn12. The number of aromatic carboxylic acids is 1. The van der Waals surface area contributed by atoms with Gasteiger partial charge in [-0.15, -0.1) is 0 Å². The van der Waals surface area contributed by atoms with Crippen molar-refractivity contribution in [3.63, 3.8) is 0 Å². The number of fused-ring (bicyclic) bond motifs is 1. The molecule has 0 amide bonds. The molecule has 4 nitrogen and oxygen atoms in total. The summed E-state index contributed by atoms with van der Waals surface area (Å²) in [6.45, 7) is 0.